The molecule has 1 heterocycles. The second-order valence-electron chi connectivity index (χ2n) is 5.69. The molecule has 112 valence electrons. The summed E-state index contributed by atoms with van der Waals surface area (Å²) in [6.45, 7) is 13.0. The third-order valence-electron chi connectivity index (χ3n) is 3.97. The Morgan fingerprint density at radius 1 is 1.43 bits per heavy atom. The van der Waals surface area contributed by atoms with E-state index in [2.05, 4.69) is 30.3 Å². The van der Waals surface area contributed by atoms with Gasteiger partial charge in [-0.1, -0.05) is 12.2 Å². The first-order valence-electron chi connectivity index (χ1n) is 7.46. The first-order chi connectivity index (χ1) is 10.1. The summed E-state index contributed by atoms with van der Waals surface area (Å²) in [7, 11) is 0. The standard InChI is InChI=1S/C18H24N2O/c1-5-9-20(10-6-2)14(4)18(21)15-7-8-17-16(12-15)11-13(3)19-17/h5-8,12-14,19H,1-2,9-11H2,3-4H3. The van der Waals surface area contributed by atoms with E-state index in [4.69, 9.17) is 0 Å². The molecule has 0 radical (unpaired) electrons. The lowest BCUT2D eigenvalue weighted by Crippen LogP contribution is -2.39. The second kappa shape index (κ2) is 6.72. The minimum Gasteiger partial charge on any atom is -0.382 e. The van der Waals surface area contributed by atoms with Crippen LogP contribution in [0.2, 0.25) is 0 Å². The van der Waals surface area contributed by atoms with Gasteiger partial charge in [-0.15, -0.1) is 13.2 Å². The average molecular weight is 284 g/mol. The second-order valence-corrected chi connectivity index (χ2v) is 5.69. The summed E-state index contributed by atoms with van der Waals surface area (Å²) in [5.41, 5.74) is 3.18. The van der Waals surface area contributed by atoms with Gasteiger partial charge in [0.15, 0.2) is 5.78 Å². The molecule has 1 N–H and O–H groups in total. The third kappa shape index (κ3) is 3.42. The molecule has 0 aromatic heterocycles. The van der Waals surface area contributed by atoms with Crippen LogP contribution in [0, 0.1) is 0 Å². The van der Waals surface area contributed by atoms with Crippen molar-refractivity contribution in [2.45, 2.75) is 32.4 Å². The maximum Gasteiger partial charge on any atom is 0.179 e. The molecule has 2 unspecified atom stereocenters. The van der Waals surface area contributed by atoms with Crippen molar-refractivity contribution in [2.24, 2.45) is 0 Å². The Hall–Kier alpha value is -1.87. The quantitative estimate of drug-likeness (QED) is 0.616. The van der Waals surface area contributed by atoms with Crippen molar-refractivity contribution in [3.63, 3.8) is 0 Å². The summed E-state index contributed by atoms with van der Waals surface area (Å²) < 4.78 is 0. The molecule has 3 nitrogen and oxygen atoms in total. The highest BCUT2D eigenvalue weighted by Gasteiger charge is 2.23. The van der Waals surface area contributed by atoms with Crippen LogP contribution in [0.15, 0.2) is 43.5 Å². The molecule has 0 aliphatic carbocycles. The number of benzene rings is 1. The first-order valence-corrected chi connectivity index (χ1v) is 7.46. The molecule has 1 aliphatic heterocycles. The van der Waals surface area contributed by atoms with E-state index >= 15 is 0 Å². The summed E-state index contributed by atoms with van der Waals surface area (Å²) in [5, 5.41) is 3.41. The zero-order chi connectivity index (χ0) is 15.4. The molecule has 0 bridgehead atoms. The fraction of sp³-hybridized carbons (Fsp3) is 0.389. The summed E-state index contributed by atoms with van der Waals surface area (Å²) in [5.74, 6) is 0.154. The number of rotatable bonds is 7. The maximum absolute atomic E-state index is 12.7. The zero-order valence-electron chi connectivity index (χ0n) is 12.9. The van der Waals surface area contributed by atoms with Crippen LogP contribution < -0.4 is 5.32 Å². The SMILES string of the molecule is C=CCN(CC=C)C(C)C(=O)c1ccc2c(c1)CC(C)N2. The summed E-state index contributed by atoms with van der Waals surface area (Å²) in [4.78, 5) is 14.8. The number of anilines is 1. The van der Waals surface area contributed by atoms with Gasteiger partial charge in [-0.2, -0.15) is 0 Å². The predicted molar refractivity (Wildman–Crippen MR) is 89.0 cm³/mol. The van der Waals surface area contributed by atoms with E-state index in [-0.39, 0.29) is 11.8 Å². The zero-order valence-corrected chi connectivity index (χ0v) is 12.9. The molecule has 3 heteroatoms. The number of nitrogens with one attached hydrogen (secondary N) is 1. The molecule has 2 rings (SSSR count). The normalized spacial score (nSPS) is 18.0. The van der Waals surface area contributed by atoms with Crippen molar-refractivity contribution >= 4 is 11.5 Å². The van der Waals surface area contributed by atoms with Gasteiger partial charge in [0, 0.05) is 30.4 Å². The maximum atomic E-state index is 12.7. The number of carbonyl (C=O) groups excluding carboxylic acids is 1. The topological polar surface area (TPSA) is 32.3 Å². The van der Waals surface area contributed by atoms with Crippen molar-refractivity contribution in [3.8, 4) is 0 Å². The van der Waals surface area contributed by atoms with Crippen LogP contribution in [0.25, 0.3) is 0 Å². The van der Waals surface area contributed by atoms with Gasteiger partial charge in [-0.3, -0.25) is 9.69 Å². The Morgan fingerprint density at radius 2 is 2.10 bits per heavy atom. The molecule has 0 amide bonds. The number of ketones is 1. The Kier molecular flexibility index (Phi) is 4.97. The van der Waals surface area contributed by atoms with Gasteiger partial charge in [-0.05, 0) is 44.0 Å². The molecular formula is C18H24N2O. The Morgan fingerprint density at radius 3 is 2.71 bits per heavy atom. The monoisotopic (exact) mass is 284 g/mol. The van der Waals surface area contributed by atoms with Crippen LogP contribution in [0.1, 0.15) is 29.8 Å². The fourth-order valence-corrected chi connectivity index (χ4v) is 2.83. The van der Waals surface area contributed by atoms with Crippen LogP contribution in [-0.2, 0) is 6.42 Å². The van der Waals surface area contributed by atoms with E-state index in [1.807, 2.05) is 37.3 Å². The number of fused-ring (bicyclic) bond motifs is 1. The molecule has 0 saturated carbocycles. The molecule has 0 saturated heterocycles. The smallest absolute Gasteiger partial charge is 0.179 e. The molecular weight excluding hydrogens is 260 g/mol. The lowest BCUT2D eigenvalue weighted by Gasteiger charge is -2.25. The van der Waals surface area contributed by atoms with Gasteiger partial charge in [0.1, 0.15) is 0 Å². The highest BCUT2D eigenvalue weighted by Crippen LogP contribution is 2.27. The van der Waals surface area contributed by atoms with Crippen LogP contribution in [0.3, 0.4) is 0 Å². The van der Waals surface area contributed by atoms with E-state index < -0.39 is 0 Å². The third-order valence-corrected chi connectivity index (χ3v) is 3.97. The Labute approximate surface area is 127 Å². The van der Waals surface area contributed by atoms with Crippen LogP contribution in [0.5, 0.6) is 0 Å². The Balaban J connectivity index is 2.17. The fourth-order valence-electron chi connectivity index (χ4n) is 2.83. The van der Waals surface area contributed by atoms with Crippen LogP contribution in [-0.4, -0.2) is 35.9 Å². The molecule has 1 aromatic rings. The van der Waals surface area contributed by atoms with Gasteiger partial charge in [0.25, 0.3) is 0 Å². The van der Waals surface area contributed by atoms with E-state index in [0.29, 0.717) is 19.1 Å². The largest absolute Gasteiger partial charge is 0.382 e. The molecule has 2 atom stereocenters. The predicted octanol–water partition coefficient (Wildman–Crippen LogP) is 3.29. The summed E-state index contributed by atoms with van der Waals surface area (Å²) >= 11 is 0. The number of hydrogen-bond donors (Lipinski definition) is 1. The van der Waals surface area contributed by atoms with Crippen molar-refractivity contribution < 1.29 is 4.79 Å². The van der Waals surface area contributed by atoms with Crippen molar-refractivity contribution in [3.05, 3.63) is 54.6 Å². The van der Waals surface area contributed by atoms with Gasteiger partial charge in [0.05, 0.1) is 6.04 Å². The number of carbonyl (C=O) groups is 1. The molecule has 21 heavy (non-hydrogen) atoms. The Bertz CT molecular complexity index is 540. The molecule has 1 aromatic carbocycles. The molecule has 1 aliphatic rings. The number of nitrogens with zero attached hydrogens (tertiary/aromatic N) is 1. The molecule has 0 fully saturated rings. The van der Waals surface area contributed by atoms with Gasteiger partial charge in [0.2, 0.25) is 0 Å². The minimum absolute atomic E-state index is 0.154. The molecule has 0 spiro atoms. The van der Waals surface area contributed by atoms with Gasteiger partial charge >= 0.3 is 0 Å². The number of hydrogen-bond acceptors (Lipinski definition) is 3. The van der Waals surface area contributed by atoms with Crippen LogP contribution >= 0.6 is 0 Å². The first kappa shape index (κ1) is 15.5. The van der Waals surface area contributed by atoms with Gasteiger partial charge in [-0.25, -0.2) is 0 Å². The van der Waals surface area contributed by atoms with Crippen molar-refractivity contribution in [1.29, 1.82) is 0 Å². The van der Waals surface area contributed by atoms with E-state index in [1.165, 1.54) is 5.56 Å². The highest BCUT2D eigenvalue weighted by molar-refractivity contribution is 6.00. The lowest BCUT2D eigenvalue weighted by molar-refractivity contribution is 0.0865. The van der Waals surface area contributed by atoms with Gasteiger partial charge < -0.3 is 5.32 Å². The summed E-state index contributed by atoms with van der Waals surface area (Å²) in [6.07, 6.45) is 4.62. The van der Waals surface area contributed by atoms with Crippen molar-refractivity contribution in [2.75, 3.05) is 18.4 Å². The van der Waals surface area contributed by atoms with E-state index in [9.17, 15) is 4.79 Å². The minimum atomic E-state index is -0.175. The average Bonchev–Trinajstić information content (AvgIpc) is 2.84. The highest BCUT2D eigenvalue weighted by atomic mass is 16.1. The van der Waals surface area contributed by atoms with E-state index in [0.717, 1.165) is 17.7 Å². The lowest BCUT2D eigenvalue weighted by atomic mass is 10.00. The number of Topliss-reactive ketones (excluding diaryl/α,β-unsaturated/α-hetero) is 1. The summed E-state index contributed by atoms with van der Waals surface area (Å²) in [6, 6.07) is 6.24. The van der Waals surface area contributed by atoms with Crippen molar-refractivity contribution in [1.82, 2.24) is 4.90 Å². The van der Waals surface area contributed by atoms with E-state index in [1.54, 1.807) is 0 Å². The van der Waals surface area contributed by atoms with Crippen LogP contribution in [0.4, 0.5) is 5.69 Å².